The molecule has 0 fully saturated rings. The van der Waals surface area contributed by atoms with E-state index in [0.29, 0.717) is 0 Å². The Morgan fingerprint density at radius 3 is 2.79 bits per heavy atom. The highest BCUT2D eigenvalue weighted by Crippen LogP contribution is 2.32. The van der Waals surface area contributed by atoms with E-state index in [4.69, 9.17) is 9.84 Å². The fraction of sp³-hybridized carbons (Fsp3) is 0.111. The number of hydrogen-bond donors (Lipinski definition) is 2. The van der Waals surface area contributed by atoms with E-state index in [0.717, 1.165) is 12.1 Å². The molecule has 0 unspecified atom stereocenters. The lowest BCUT2D eigenvalue weighted by molar-refractivity contribution is 0.0693. The van der Waals surface area contributed by atoms with E-state index in [1.165, 1.54) is 0 Å². The molecule has 0 radical (unpaired) electrons. The number of aromatic carboxylic acids is 1. The van der Waals surface area contributed by atoms with Crippen LogP contribution in [0.25, 0.3) is 0 Å². The second kappa shape index (κ2) is 2.73. The molecule has 0 amide bonds. The molecule has 1 aromatic carbocycles. The summed E-state index contributed by atoms with van der Waals surface area (Å²) in [5, 5.41) is 17.9. The molecule has 0 saturated carbocycles. The molecule has 1 aliphatic heterocycles. The summed E-state index contributed by atoms with van der Waals surface area (Å²) < 4.78 is 4.92. The minimum absolute atomic E-state index is 0.0994. The van der Waals surface area contributed by atoms with E-state index in [9.17, 15) is 14.7 Å². The van der Waals surface area contributed by atoms with Gasteiger partial charge in [-0.1, -0.05) is 0 Å². The molecule has 0 bridgehead atoms. The fourth-order valence-corrected chi connectivity index (χ4v) is 1.30. The third-order valence-electron chi connectivity index (χ3n) is 1.99. The Hall–Kier alpha value is -2.04. The van der Waals surface area contributed by atoms with Crippen LogP contribution in [0.4, 0.5) is 0 Å². The summed E-state index contributed by atoms with van der Waals surface area (Å²) in [7, 11) is 0. The quantitative estimate of drug-likeness (QED) is 0.686. The van der Waals surface area contributed by atoms with Crippen LogP contribution in [0.1, 0.15) is 20.7 Å². The van der Waals surface area contributed by atoms with Gasteiger partial charge in [0.1, 0.15) is 17.1 Å². The molecule has 2 rings (SSSR count). The molecule has 14 heavy (non-hydrogen) atoms. The molecule has 5 heteroatoms. The maximum Gasteiger partial charge on any atom is 0.339 e. The summed E-state index contributed by atoms with van der Waals surface area (Å²) in [4.78, 5) is 21.8. The van der Waals surface area contributed by atoms with Gasteiger partial charge in [0, 0.05) is 6.07 Å². The molecule has 0 atom stereocenters. The fourth-order valence-electron chi connectivity index (χ4n) is 1.30. The summed E-state index contributed by atoms with van der Waals surface area (Å²) in [5.41, 5.74) is -0.0807. The molecule has 1 aromatic rings. The largest absolute Gasteiger partial charge is 0.507 e. The summed E-state index contributed by atoms with van der Waals surface area (Å²) in [6, 6.07) is 2.27. The number of carboxylic acids is 1. The molecule has 2 N–H and O–H groups in total. The van der Waals surface area contributed by atoms with Gasteiger partial charge in [-0.15, -0.1) is 0 Å². The van der Waals surface area contributed by atoms with Crippen LogP contribution < -0.4 is 4.74 Å². The van der Waals surface area contributed by atoms with Crippen LogP contribution in [0, 0.1) is 0 Å². The topological polar surface area (TPSA) is 83.8 Å². The number of carboxylic acid groups (broad SMARTS) is 1. The number of aromatic hydroxyl groups is 1. The lowest BCUT2D eigenvalue weighted by Gasteiger charge is -2.01. The Labute approximate surface area is 78.5 Å². The Bertz CT molecular complexity index is 434. The van der Waals surface area contributed by atoms with E-state index in [-0.39, 0.29) is 29.3 Å². The highest BCUT2D eigenvalue weighted by Gasteiger charge is 2.25. The predicted molar refractivity (Wildman–Crippen MR) is 44.9 cm³/mol. The third kappa shape index (κ3) is 1.10. The molecule has 5 nitrogen and oxygen atoms in total. The highest BCUT2D eigenvalue weighted by atomic mass is 16.5. The van der Waals surface area contributed by atoms with Crippen LogP contribution in [0.5, 0.6) is 11.5 Å². The molecule has 0 aliphatic carbocycles. The van der Waals surface area contributed by atoms with E-state index in [2.05, 4.69) is 0 Å². The Balaban J connectivity index is 2.62. The first-order chi connectivity index (χ1) is 6.59. The summed E-state index contributed by atoms with van der Waals surface area (Å²) in [5.74, 6) is -1.71. The van der Waals surface area contributed by atoms with E-state index in [1.807, 2.05) is 0 Å². The van der Waals surface area contributed by atoms with Gasteiger partial charge < -0.3 is 14.9 Å². The zero-order chi connectivity index (χ0) is 10.3. The normalized spacial score (nSPS) is 13.6. The first-order valence-electron chi connectivity index (χ1n) is 3.86. The molecule has 0 aromatic heterocycles. The van der Waals surface area contributed by atoms with Crippen LogP contribution in [0.3, 0.4) is 0 Å². The first kappa shape index (κ1) is 8.55. The first-order valence-corrected chi connectivity index (χ1v) is 3.86. The third-order valence-corrected chi connectivity index (χ3v) is 1.99. The predicted octanol–water partition coefficient (Wildman–Crippen LogP) is 0.665. The zero-order valence-corrected chi connectivity index (χ0v) is 6.98. The van der Waals surface area contributed by atoms with Crippen molar-refractivity contribution in [1.82, 2.24) is 0 Å². The van der Waals surface area contributed by atoms with Gasteiger partial charge in [0.25, 0.3) is 0 Å². The van der Waals surface area contributed by atoms with Crippen molar-refractivity contribution in [3.63, 3.8) is 0 Å². The Kier molecular flexibility index (Phi) is 1.67. The van der Waals surface area contributed by atoms with Crippen LogP contribution in [0.15, 0.2) is 12.1 Å². The smallest absolute Gasteiger partial charge is 0.339 e. The second-order valence-electron chi connectivity index (χ2n) is 2.88. The van der Waals surface area contributed by atoms with Gasteiger partial charge in [-0.2, -0.15) is 0 Å². The molecule has 1 aliphatic rings. The number of carbonyl (C=O) groups is 2. The number of benzene rings is 1. The van der Waals surface area contributed by atoms with Gasteiger partial charge in [-0.3, -0.25) is 4.79 Å². The number of ketones is 1. The maximum absolute atomic E-state index is 11.2. The summed E-state index contributed by atoms with van der Waals surface area (Å²) in [6.45, 7) is -0.0994. The zero-order valence-electron chi connectivity index (χ0n) is 6.98. The Morgan fingerprint density at radius 2 is 2.14 bits per heavy atom. The van der Waals surface area contributed by atoms with E-state index in [1.54, 1.807) is 0 Å². The number of carbonyl (C=O) groups excluding carboxylic acids is 1. The van der Waals surface area contributed by atoms with Gasteiger partial charge >= 0.3 is 5.97 Å². The SMILES string of the molecule is O=C(O)c1cc2c(cc1O)OCC2=O. The lowest BCUT2D eigenvalue weighted by Crippen LogP contribution is -2.01. The van der Waals surface area contributed by atoms with Crippen LogP contribution in [0.2, 0.25) is 0 Å². The monoisotopic (exact) mass is 194 g/mol. The van der Waals surface area contributed by atoms with Gasteiger partial charge in [0.05, 0.1) is 5.56 Å². The number of Topliss-reactive ketones (excluding diaryl/α,β-unsaturated/α-hetero) is 1. The van der Waals surface area contributed by atoms with E-state index < -0.39 is 11.7 Å². The number of rotatable bonds is 1. The van der Waals surface area contributed by atoms with Gasteiger partial charge in [0.15, 0.2) is 6.61 Å². The van der Waals surface area contributed by atoms with Crippen molar-refractivity contribution in [2.45, 2.75) is 0 Å². The summed E-state index contributed by atoms with van der Waals surface area (Å²) in [6.07, 6.45) is 0. The average molecular weight is 194 g/mol. The second-order valence-corrected chi connectivity index (χ2v) is 2.88. The summed E-state index contributed by atoms with van der Waals surface area (Å²) >= 11 is 0. The number of fused-ring (bicyclic) bond motifs is 1. The van der Waals surface area contributed by atoms with Gasteiger partial charge in [0.2, 0.25) is 5.78 Å². The highest BCUT2D eigenvalue weighted by molar-refractivity contribution is 6.05. The van der Waals surface area contributed by atoms with Crippen molar-refractivity contribution in [3.8, 4) is 11.5 Å². The molecule has 1 heterocycles. The van der Waals surface area contributed by atoms with Crippen LogP contribution >= 0.6 is 0 Å². The lowest BCUT2D eigenvalue weighted by atomic mass is 10.1. The van der Waals surface area contributed by atoms with Crippen molar-refractivity contribution in [1.29, 1.82) is 0 Å². The van der Waals surface area contributed by atoms with Crippen LogP contribution in [-0.2, 0) is 0 Å². The van der Waals surface area contributed by atoms with Crippen LogP contribution in [-0.4, -0.2) is 28.6 Å². The minimum Gasteiger partial charge on any atom is -0.507 e. The average Bonchev–Trinajstić information content (AvgIpc) is 2.46. The van der Waals surface area contributed by atoms with Gasteiger partial charge in [-0.05, 0) is 6.07 Å². The van der Waals surface area contributed by atoms with Crippen molar-refractivity contribution >= 4 is 11.8 Å². The number of phenols is 1. The molecule has 72 valence electrons. The maximum atomic E-state index is 11.2. The standard InChI is InChI=1S/C9H6O5/c10-6-2-8-4(7(11)3-14-8)1-5(6)9(12)13/h1-2,10H,3H2,(H,12,13). The number of ether oxygens (including phenoxy) is 1. The Morgan fingerprint density at radius 1 is 1.43 bits per heavy atom. The van der Waals surface area contributed by atoms with Crippen molar-refractivity contribution < 1.29 is 24.5 Å². The molecular formula is C9H6O5. The molecular weight excluding hydrogens is 188 g/mol. The van der Waals surface area contributed by atoms with E-state index >= 15 is 0 Å². The number of hydrogen-bond acceptors (Lipinski definition) is 4. The van der Waals surface area contributed by atoms with Crippen molar-refractivity contribution in [2.24, 2.45) is 0 Å². The minimum atomic E-state index is -1.27. The van der Waals surface area contributed by atoms with Crippen molar-refractivity contribution in [2.75, 3.05) is 6.61 Å². The molecule has 0 spiro atoms. The van der Waals surface area contributed by atoms with Crippen molar-refractivity contribution in [3.05, 3.63) is 23.3 Å². The van der Waals surface area contributed by atoms with Gasteiger partial charge in [-0.25, -0.2) is 4.79 Å². The molecule has 0 saturated heterocycles.